The summed E-state index contributed by atoms with van der Waals surface area (Å²) in [6.07, 6.45) is 1.54. The van der Waals surface area contributed by atoms with E-state index in [-0.39, 0.29) is 0 Å². The summed E-state index contributed by atoms with van der Waals surface area (Å²) < 4.78 is 3.90. The van der Waals surface area contributed by atoms with Crippen molar-refractivity contribution >= 4 is 22.4 Å². The minimum atomic E-state index is 0.746. The maximum Gasteiger partial charge on any atom is 0.202 e. The van der Waals surface area contributed by atoms with Crippen LogP contribution in [0.1, 0.15) is 5.56 Å². The zero-order valence-corrected chi connectivity index (χ0v) is 8.29. The molecule has 4 nitrogen and oxygen atoms in total. The molecule has 72 valence electrons. The van der Waals surface area contributed by atoms with Crippen LogP contribution in [0.5, 0.6) is 0 Å². The molecule has 1 heterocycles. The van der Waals surface area contributed by atoms with E-state index in [4.69, 9.17) is 5.73 Å². The molecular formula is C9H10N4S. The fourth-order valence-electron chi connectivity index (χ4n) is 1.06. The summed E-state index contributed by atoms with van der Waals surface area (Å²) in [5.41, 5.74) is 7.53. The van der Waals surface area contributed by atoms with Crippen molar-refractivity contribution in [2.75, 3.05) is 11.1 Å². The van der Waals surface area contributed by atoms with Crippen LogP contribution >= 0.6 is 11.5 Å². The first kappa shape index (κ1) is 8.96. The normalized spacial score (nSPS) is 10.0. The number of benzene rings is 1. The second kappa shape index (κ2) is 4.06. The van der Waals surface area contributed by atoms with Gasteiger partial charge in [-0.3, -0.25) is 0 Å². The third kappa shape index (κ3) is 2.20. The van der Waals surface area contributed by atoms with Crippen LogP contribution in [0.25, 0.3) is 0 Å². The Morgan fingerprint density at radius 2 is 2.07 bits per heavy atom. The second-order valence-corrected chi connectivity index (χ2v) is 3.62. The fourth-order valence-corrected chi connectivity index (χ4v) is 1.49. The van der Waals surface area contributed by atoms with E-state index in [0.29, 0.717) is 0 Å². The van der Waals surface area contributed by atoms with Gasteiger partial charge in [-0.1, -0.05) is 12.1 Å². The highest BCUT2D eigenvalue weighted by molar-refractivity contribution is 7.09. The number of hydrogen-bond donors (Lipinski definition) is 2. The van der Waals surface area contributed by atoms with Crippen molar-refractivity contribution < 1.29 is 0 Å². The monoisotopic (exact) mass is 206 g/mol. The van der Waals surface area contributed by atoms with Crippen molar-refractivity contribution in [1.82, 2.24) is 9.36 Å². The predicted molar refractivity (Wildman–Crippen MR) is 58.1 cm³/mol. The van der Waals surface area contributed by atoms with E-state index in [9.17, 15) is 0 Å². The van der Waals surface area contributed by atoms with Crippen molar-refractivity contribution in [3.8, 4) is 0 Å². The average molecular weight is 206 g/mol. The Morgan fingerprint density at radius 1 is 1.29 bits per heavy atom. The summed E-state index contributed by atoms with van der Waals surface area (Å²) in [6, 6.07) is 7.75. The quantitative estimate of drug-likeness (QED) is 0.751. The molecule has 0 amide bonds. The SMILES string of the molecule is Nc1ccc(CNc2ncns2)cc1. The van der Waals surface area contributed by atoms with Crippen LogP contribution in [0, 0.1) is 0 Å². The van der Waals surface area contributed by atoms with E-state index in [2.05, 4.69) is 14.7 Å². The summed E-state index contributed by atoms with van der Waals surface area (Å²) in [4.78, 5) is 4.02. The maximum atomic E-state index is 5.58. The van der Waals surface area contributed by atoms with E-state index in [1.165, 1.54) is 23.4 Å². The minimum absolute atomic E-state index is 0.746. The Bertz CT molecular complexity index is 382. The van der Waals surface area contributed by atoms with Crippen LogP contribution in [0.15, 0.2) is 30.6 Å². The highest BCUT2D eigenvalue weighted by Crippen LogP contribution is 2.10. The molecule has 14 heavy (non-hydrogen) atoms. The van der Waals surface area contributed by atoms with Gasteiger partial charge in [-0.15, -0.1) is 0 Å². The van der Waals surface area contributed by atoms with Crippen molar-refractivity contribution in [3.05, 3.63) is 36.2 Å². The average Bonchev–Trinajstić information content (AvgIpc) is 2.70. The molecule has 0 aliphatic carbocycles. The number of rotatable bonds is 3. The molecule has 0 fully saturated rings. The lowest BCUT2D eigenvalue weighted by Crippen LogP contribution is -1.98. The molecule has 0 saturated carbocycles. The van der Waals surface area contributed by atoms with Crippen LogP contribution < -0.4 is 11.1 Å². The Labute approximate surface area is 86.0 Å². The number of nitrogens with zero attached hydrogens (tertiary/aromatic N) is 2. The van der Waals surface area contributed by atoms with Crippen LogP contribution in [0.3, 0.4) is 0 Å². The molecule has 0 bridgehead atoms. The predicted octanol–water partition coefficient (Wildman–Crippen LogP) is 1.73. The van der Waals surface area contributed by atoms with Gasteiger partial charge < -0.3 is 11.1 Å². The number of nitrogens with two attached hydrogens (primary N) is 1. The summed E-state index contributed by atoms with van der Waals surface area (Å²) in [5.74, 6) is 0. The largest absolute Gasteiger partial charge is 0.399 e. The van der Waals surface area contributed by atoms with E-state index in [1.807, 2.05) is 24.3 Å². The molecule has 0 aliphatic heterocycles. The summed E-state index contributed by atoms with van der Waals surface area (Å²) in [6.45, 7) is 0.746. The first-order valence-electron chi connectivity index (χ1n) is 4.19. The molecule has 1 aromatic heterocycles. The van der Waals surface area contributed by atoms with Gasteiger partial charge in [0.15, 0.2) is 0 Å². The molecule has 0 radical (unpaired) electrons. The highest BCUT2D eigenvalue weighted by Gasteiger charge is 1.95. The summed E-state index contributed by atoms with van der Waals surface area (Å²) >= 11 is 1.35. The Balaban J connectivity index is 1.95. The molecule has 2 aromatic rings. The van der Waals surface area contributed by atoms with Gasteiger partial charge in [-0.05, 0) is 17.7 Å². The zero-order chi connectivity index (χ0) is 9.80. The van der Waals surface area contributed by atoms with Gasteiger partial charge in [0.25, 0.3) is 0 Å². The van der Waals surface area contributed by atoms with E-state index in [1.54, 1.807) is 0 Å². The molecule has 2 rings (SSSR count). The topological polar surface area (TPSA) is 63.8 Å². The van der Waals surface area contributed by atoms with Gasteiger partial charge in [0.05, 0.1) is 0 Å². The maximum absolute atomic E-state index is 5.58. The third-order valence-electron chi connectivity index (χ3n) is 1.78. The highest BCUT2D eigenvalue weighted by atomic mass is 32.1. The van der Waals surface area contributed by atoms with Crippen LogP contribution in [0.4, 0.5) is 10.8 Å². The number of nitrogens with one attached hydrogen (secondary N) is 1. The van der Waals surface area contributed by atoms with Crippen molar-refractivity contribution in [3.63, 3.8) is 0 Å². The van der Waals surface area contributed by atoms with Crippen LogP contribution in [-0.4, -0.2) is 9.36 Å². The van der Waals surface area contributed by atoms with Gasteiger partial charge in [0, 0.05) is 23.8 Å². The van der Waals surface area contributed by atoms with Crippen molar-refractivity contribution in [2.45, 2.75) is 6.54 Å². The molecule has 0 atom stereocenters. The first-order valence-corrected chi connectivity index (χ1v) is 4.97. The fraction of sp³-hybridized carbons (Fsp3) is 0.111. The summed E-state index contributed by atoms with van der Waals surface area (Å²) in [5, 5.41) is 4.00. The molecule has 0 spiro atoms. The zero-order valence-electron chi connectivity index (χ0n) is 7.47. The van der Waals surface area contributed by atoms with Crippen molar-refractivity contribution in [1.29, 1.82) is 0 Å². The molecule has 5 heteroatoms. The van der Waals surface area contributed by atoms with Crippen LogP contribution in [0.2, 0.25) is 0 Å². The Kier molecular flexibility index (Phi) is 2.60. The van der Waals surface area contributed by atoms with Gasteiger partial charge in [0.1, 0.15) is 6.33 Å². The van der Waals surface area contributed by atoms with Gasteiger partial charge in [-0.2, -0.15) is 4.37 Å². The van der Waals surface area contributed by atoms with Crippen LogP contribution in [-0.2, 0) is 6.54 Å². The molecular weight excluding hydrogens is 196 g/mol. The van der Waals surface area contributed by atoms with E-state index < -0.39 is 0 Å². The second-order valence-electron chi connectivity index (χ2n) is 2.84. The van der Waals surface area contributed by atoms with Gasteiger partial charge in [0.2, 0.25) is 5.13 Å². The number of nitrogen functional groups attached to an aromatic ring is 1. The molecule has 0 unspecified atom stereocenters. The Morgan fingerprint density at radius 3 is 2.71 bits per heavy atom. The van der Waals surface area contributed by atoms with E-state index >= 15 is 0 Å². The Hall–Kier alpha value is -1.62. The number of aromatic nitrogens is 2. The van der Waals surface area contributed by atoms with Gasteiger partial charge in [-0.25, -0.2) is 4.98 Å². The lowest BCUT2D eigenvalue weighted by atomic mass is 10.2. The smallest absolute Gasteiger partial charge is 0.202 e. The van der Waals surface area contributed by atoms with Gasteiger partial charge >= 0.3 is 0 Å². The minimum Gasteiger partial charge on any atom is -0.399 e. The first-order chi connectivity index (χ1) is 6.84. The lowest BCUT2D eigenvalue weighted by molar-refractivity contribution is 1.13. The number of hydrogen-bond acceptors (Lipinski definition) is 5. The summed E-state index contributed by atoms with van der Waals surface area (Å²) in [7, 11) is 0. The third-order valence-corrected chi connectivity index (χ3v) is 2.41. The lowest BCUT2D eigenvalue weighted by Gasteiger charge is -2.02. The van der Waals surface area contributed by atoms with E-state index in [0.717, 1.165) is 17.4 Å². The molecule has 1 aromatic carbocycles. The standard InChI is InChI=1S/C9H10N4S/c10-8-3-1-7(2-4-8)5-11-9-12-6-13-14-9/h1-4,6H,5,10H2,(H,11,12,13). The van der Waals surface area contributed by atoms with Crippen molar-refractivity contribution in [2.24, 2.45) is 0 Å². The number of anilines is 2. The molecule has 0 saturated heterocycles. The molecule has 0 aliphatic rings. The molecule has 3 N–H and O–H groups in total.